The molecule has 0 aliphatic rings. The number of unbranched alkanes of at least 4 members (excludes halogenated alkanes) is 2. The molecular formula is C17H27N. The lowest BCUT2D eigenvalue weighted by molar-refractivity contribution is 0.598. The lowest BCUT2D eigenvalue weighted by Gasteiger charge is -2.15. The number of nitrogens with one attached hydrogen (secondary N) is 1. The van der Waals surface area contributed by atoms with Gasteiger partial charge < -0.3 is 5.32 Å². The molecule has 0 saturated carbocycles. The van der Waals surface area contributed by atoms with Crippen LogP contribution in [0.2, 0.25) is 0 Å². The smallest absolute Gasteiger partial charge is 0.0411 e. The predicted molar refractivity (Wildman–Crippen MR) is 82.2 cm³/mol. The first-order valence-electron chi connectivity index (χ1n) is 7.07. The molecule has 0 amide bonds. The molecule has 0 radical (unpaired) electrons. The Bertz CT molecular complexity index is 393. The second-order valence-corrected chi connectivity index (χ2v) is 5.38. The van der Waals surface area contributed by atoms with Crippen LogP contribution in [-0.2, 0) is 0 Å². The zero-order chi connectivity index (χ0) is 13.5. The molecule has 18 heavy (non-hydrogen) atoms. The fraction of sp³-hybridized carbons (Fsp3) is 0.529. The molecule has 1 aromatic carbocycles. The maximum atomic E-state index is 3.89. The van der Waals surface area contributed by atoms with E-state index in [1.165, 1.54) is 42.5 Å². The average Bonchev–Trinajstić information content (AvgIpc) is 2.31. The standard InChI is InChI=1S/C17H27N/c1-6-7-8-9-14(4)16-10-11-17(15(5)12-16)18-13(2)3/h10-12,14,18H,2,6-9H2,1,3-5H3. The molecule has 0 aliphatic heterocycles. The first-order valence-corrected chi connectivity index (χ1v) is 7.07. The molecule has 0 aromatic heterocycles. The van der Waals surface area contributed by atoms with Crippen molar-refractivity contribution >= 4 is 5.69 Å². The van der Waals surface area contributed by atoms with Crippen molar-refractivity contribution in [1.82, 2.24) is 0 Å². The number of hydrogen-bond donors (Lipinski definition) is 1. The van der Waals surface area contributed by atoms with E-state index in [-0.39, 0.29) is 0 Å². The van der Waals surface area contributed by atoms with Gasteiger partial charge in [0.1, 0.15) is 0 Å². The predicted octanol–water partition coefficient (Wildman–Crippen LogP) is 5.62. The van der Waals surface area contributed by atoms with Gasteiger partial charge in [0.25, 0.3) is 0 Å². The molecule has 1 atom stereocenters. The number of allylic oxidation sites excluding steroid dienone is 1. The van der Waals surface area contributed by atoms with E-state index in [0.717, 1.165) is 5.70 Å². The maximum Gasteiger partial charge on any atom is 0.0411 e. The van der Waals surface area contributed by atoms with E-state index in [2.05, 4.69) is 50.9 Å². The summed E-state index contributed by atoms with van der Waals surface area (Å²) in [6.45, 7) is 12.6. The summed E-state index contributed by atoms with van der Waals surface area (Å²) in [6, 6.07) is 6.73. The second kappa shape index (κ2) is 7.25. The largest absolute Gasteiger partial charge is 0.360 e. The van der Waals surface area contributed by atoms with Gasteiger partial charge in [0.15, 0.2) is 0 Å². The third kappa shape index (κ3) is 4.56. The second-order valence-electron chi connectivity index (χ2n) is 5.38. The molecule has 0 aliphatic carbocycles. The fourth-order valence-electron chi connectivity index (χ4n) is 2.23. The van der Waals surface area contributed by atoms with Crippen LogP contribution in [-0.4, -0.2) is 0 Å². The summed E-state index contributed by atoms with van der Waals surface area (Å²) in [5.41, 5.74) is 4.92. The highest BCUT2D eigenvalue weighted by Crippen LogP contribution is 2.26. The van der Waals surface area contributed by atoms with Crippen molar-refractivity contribution in [3.63, 3.8) is 0 Å². The van der Waals surface area contributed by atoms with E-state index in [4.69, 9.17) is 0 Å². The van der Waals surface area contributed by atoms with Gasteiger partial charge in [-0.3, -0.25) is 0 Å². The molecule has 0 saturated heterocycles. The maximum absolute atomic E-state index is 3.89. The van der Waals surface area contributed by atoms with Gasteiger partial charge in [-0.05, 0) is 43.4 Å². The van der Waals surface area contributed by atoms with E-state index in [1.807, 2.05) is 6.92 Å². The molecular weight excluding hydrogens is 218 g/mol. The van der Waals surface area contributed by atoms with E-state index in [0.29, 0.717) is 5.92 Å². The normalized spacial score (nSPS) is 12.2. The summed E-state index contributed by atoms with van der Waals surface area (Å²) in [5.74, 6) is 0.661. The minimum absolute atomic E-state index is 0.661. The highest BCUT2D eigenvalue weighted by molar-refractivity contribution is 5.55. The molecule has 100 valence electrons. The minimum Gasteiger partial charge on any atom is -0.360 e. The Hall–Kier alpha value is -1.24. The third-order valence-electron chi connectivity index (χ3n) is 3.41. The summed E-state index contributed by atoms with van der Waals surface area (Å²) >= 11 is 0. The third-order valence-corrected chi connectivity index (χ3v) is 3.41. The summed E-state index contributed by atoms with van der Waals surface area (Å²) in [4.78, 5) is 0. The van der Waals surface area contributed by atoms with Gasteiger partial charge in [0, 0.05) is 11.4 Å². The summed E-state index contributed by atoms with van der Waals surface area (Å²) in [5, 5.41) is 3.30. The zero-order valence-electron chi connectivity index (χ0n) is 12.3. The van der Waals surface area contributed by atoms with Crippen molar-refractivity contribution in [2.75, 3.05) is 5.32 Å². The Balaban J connectivity index is 2.68. The quantitative estimate of drug-likeness (QED) is 0.614. The van der Waals surface area contributed by atoms with Gasteiger partial charge in [-0.15, -0.1) is 0 Å². The molecule has 1 unspecified atom stereocenters. The lowest BCUT2D eigenvalue weighted by atomic mass is 9.93. The van der Waals surface area contributed by atoms with Crippen molar-refractivity contribution in [1.29, 1.82) is 0 Å². The first kappa shape index (κ1) is 14.8. The van der Waals surface area contributed by atoms with Crippen molar-refractivity contribution in [3.05, 3.63) is 41.6 Å². The van der Waals surface area contributed by atoms with Crippen LogP contribution in [0.1, 0.15) is 63.5 Å². The molecule has 0 bridgehead atoms. The highest BCUT2D eigenvalue weighted by Gasteiger charge is 2.07. The van der Waals surface area contributed by atoms with Crippen molar-refractivity contribution in [2.24, 2.45) is 0 Å². The molecule has 1 nitrogen and oxygen atoms in total. The molecule has 0 spiro atoms. The van der Waals surface area contributed by atoms with Crippen LogP contribution >= 0.6 is 0 Å². The van der Waals surface area contributed by atoms with Crippen LogP contribution in [0.5, 0.6) is 0 Å². The first-order chi connectivity index (χ1) is 8.54. The van der Waals surface area contributed by atoms with Crippen molar-refractivity contribution in [2.45, 2.75) is 59.3 Å². The topological polar surface area (TPSA) is 12.0 Å². The SMILES string of the molecule is C=C(C)Nc1ccc(C(C)CCCCC)cc1C. The monoisotopic (exact) mass is 245 g/mol. The summed E-state index contributed by atoms with van der Waals surface area (Å²) in [7, 11) is 0. The van der Waals surface area contributed by atoms with Gasteiger partial charge >= 0.3 is 0 Å². The summed E-state index contributed by atoms with van der Waals surface area (Å²) < 4.78 is 0. The van der Waals surface area contributed by atoms with Crippen LogP contribution in [0.15, 0.2) is 30.5 Å². The average molecular weight is 245 g/mol. The van der Waals surface area contributed by atoms with E-state index in [1.54, 1.807) is 0 Å². The van der Waals surface area contributed by atoms with Gasteiger partial charge in [-0.2, -0.15) is 0 Å². The Morgan fingerprint density at radius 3 is 2.61 bits per heavy atom. The minimum atomic E-state index is 0.661. The van der Waals surface area contributed by atoms with Crippen LogP contribution in [0.3, 0.4) is 0 Å². The summed E-state index contributed by atoms with van der Waals surface area (Å²) in [6.07, 6.45) is 5.27. The molecule has 0 heterocycles. The van der Waals surface area contributed by atoms with Gasteiger partial charge in [-0.25, -0.2) is 0 Å². The number of benzene rings is 1. The number of aryl methyl sites for hydroxylation is 1. The fourth-order valence-corrected chi connectivity index (χ4v) is 2.23. The zero-order valence-corrected chi connectivity index (χ0v) is 12.3. The Labute approximate surface area is 112 Å². The lowest BCUT2D eigenvalue weighted by Crippen LogP contribution is -1.99. The van der Waals surface area contributed by atoms with Crippen molar-refractivity contribution in [3.8, 4) is 0 Å². The van der Waals surface area contributed by atoms with E-state index < -0.39 is 0 Å². The molecule has 1 rings (SSSR count). The van der Waals surface area contributed by atoms with Gasteiger partial charge in [0.05, 0.1) is 0 Å². The molecule has 1 heteroatoms. The Morgan fingerprint density at radius 1 is 1.33 bits per heavy atom. The number of anilines is 1. The van der Waals surface area contributed by atoms with E-state index >= 15 is 0 Å². The highest BCUT2D eigenvalue weighted by atomic mass is 14.9. The molecule has 0 fully saturated rings. The van der Waals surface area contributed by atoms with Gasteiger partial charge in [-0.1, -0.05) is 51.8 Å². The molecule has 1 N–H and O–H groups in total. The van der Waals surface area contributed by atoms with Crippen LogP contribution in [0.4, 0.5) is 5.69 Å². The molecule has 1 aromatic rings. The van der Waals surface area contributed by atoms with Gasteiger partial charge in [0.2, 0.25) is 0 Å². The van der Waals surface area contributed by atoms with Crippen LogP contribution in [0, 0.1) is 6.92 Å². The number of hydrogen-bond acceptors (Lipinski definition) is 1. The Kier molecular flexibility index (Phi) is 5.97. The Morgan fingerprint density at radius 2 is 2.06 bits per heavy atom. The van der Waals surface area contributed by atoms with E-state index in [9.17, 15) is 0 Å². The van der Waals surface area contributed by atoms with Crippen LogP contribution < -0.4 is 5.32 Å². The van der Waals surface area contributed by atoms with Crippen LogP contribution in [0.25, 0.3) is 0 Å². The number of rotatable bonds is 7. The van der Waals surface area contributed by atoms with Crippen molar-refractivity contribution < 1.29 is 0 Å².